The molecule has 1 fully saturated rings. The van der Waals surface area contributed by atoms with Gasteiger partial charge in [-0.15, -0.1) is 0 Å². The highest BCUT2D eigenvalue weighted by atomic mass is 19.1. The van der Waals surface area contributed by atoms with Crippen molar-refractivity contribution in [2.45, 2.75) is 6.42 Å². The summed E-state index contributed by atoms with van der Waals surface area (Å²) in [5.74, 6) is -0.888. The first-order valence-electron chi connectivity index (χ1n) is 8.54. The summed E-state index contributed by atoms with van der Waals surface area (Å²) >= 11 is 0. The minimum Gasteiger partial charge on any atom is -0.465 e. The van der Waals surface area contributed by atoms with E-state index in [1.165, 1.54) is 17.0 Å². The number of benzene rings is 2. The fraction of sp³-hybridized carbons (Fsp3) is 0.211. The van der Waals surface area contributed by atoms with E-state index in [0.717, 1.165) is 16.5 Å². The Morgan fingerprint density at radius 1 is 1.22 bits per heavy atom. The molecule has 0 bridgehead atoms. The van der Waals surface area contributed by atoms with Crippen LogP contribution >= 0.6 is 0 Å². The number of nitrogens with zero attached hydrogens (tertiary/aromatic N) is 2. The molecular weight excluding hydrogens is 351 g/mol. The topological polar surface area (TPSA) is 98.3 Å². The largest absolute Gasteiger partial charge is 0.465 e. The first-order chi connectivity index (χ1) is 13.0. The van der Waals surface area contributed by atoms with Crippen LogP contribution in [0.3, 0.4) is 0 Å². The van der Waals surface area contributed by atoms with Crippen molar-refractivity contribution in [2.75, 3.05) is 18.4 Å². The zero-order valence-electron chi connectivity index (χ0n) is 14.3. The Bertz CT molecular complexity index is 1020. The number of rotatable bonds is 3. The summed E-state index contributed by atoms with van der Waals surface area (Å²) in [4.78, 5) is 24.7. The summed E-state index contributed by atoms with van der Waals surface area (Å²) < 4.78 is 13.2. The van der Waals surface area contributed by atoms with E-state index < -0.39 is 6.09 Å². The Morgan fingerprint density at radius 3 is 2.70 bits per heavy atom. The Hall–Kier alpha value is -3.42. The van der Waals surface area contributed by atoms with Crippen LogP contribution in [0.25, 0.3) is 22.2 Å². The van der Waals surface area contributed by atoms with Crippen molar-refractivity contribution < 1.29 is 19.1 Å². The van der Waals surface area contributed by atoms with Gasteiger partial charge in [-0.05, 0) is 48.9 Å². The van der Waals surface area contributed by atoms with Crippen molar-refractivity contribution in [3.8, 4) is 11.3 Å². The molecule has 3 N–H and O–H groups in total. The second-order valence-electron chi connectivity index (χ2n) is 6.54. The van der Waals surface area contributed by atoms with Crippen LogP contribution in [0.2, 0.25) is 0 Å². The molecule has 1 saturated heterocycles. The van der Waals surface area contributed by atoms with Gasteiger partial charge in [0.2, 0.25) is 5.91 Å². The molecule has 2 heterocycles. The number of fused-ring (bicyclic) bond motifs is 1. The molecule has 1 aromatic heterocycles. The van der Waals surface area contributed by atoms with Gasteiger partial charge in [-0.2, -0.15) is 5.10 Å². The van der Waals surface area contributed by atoms with Crippen LogP contribution in [0.15, 0.2) is 42.5 Å². The number of amides is 2. The van der Waals surface area contributed by atoms with Crippen LogP contribution < -0.4 is 5.32 Å². The fourth-order valence-corrected chi connectivity index (χ4v) is 3.31. The summed E-state index contributed by atoms with van der Waals surface area (Å²) in [5.41, 5.74) is 2.83. The molecule has 1 aliphatic rings. The number of carbonyl (C=O) groups excluding carboxylic acids is 1. The van der Waals surface area contributed by atoms with Gasteiger partial charge in [0.05, 0.1) is 17.1 Å². The molecule has 2 aromatic carbocycles. The maximum absolute atomic E-state index is 13.2. The number of aromatic nitrogens is 2. The number of aromatic amines is 1. The molecule has 4 rings (SSSR count). The van der Waals surface area contributed by atoms with Crippen molar-refractivity contribution in [3.63, 3.8) is 0 Å². The normalized spacial score (nSPS) is 16.6. The quantitative estimate of drug-likeness (QED) is 0.660. The lowest BCUT2D eigenvalue weighted by atomic mass is 10.1. The van der Waals surface area contributed by atoms with E-state index in [2.05, 4.69) is 15.5 Å². The maximum atomic E-state index is 13.2. The molecule has 0 aliphatic carbocycles. The third kappa shape index (κ3) is 3.33. The Labute approximate surface area is 153 Å². The average molecular weight is 368 g/mol. The van der Waals surface area contributed by atoms with Crippen LogP contribution in [0.5, 0.6) is 0 Å². The van der Waals surface area contributed by atoms with E-state index in [9.17, 15) is 14.0 Å². The maximum Gasteiger partial charge on any atom is 0.407 e. The minimum absolute atomic E-state index is 0.204. The van der Waals surface area contributed by atoms with Crippen molar-refractivity contribution in [1.29, 1.82) is 0 Å². The monoisotopic (exact) mass is 368 g/mol. The molecule has 1 aliphatic heterocycles. The smallest absolute Gasteiger partial charge is 0.407 e. The molecule has 0 radical (unpaired) electrons. The van der Waals surface area contributed by atoms with Crippen molar-refractivity contribution in [2.24, 2.45) is 5.92 Å². The molecule has 138 valence electrons. The minimum atomic E-state index is -1.01. The molecule has 27 heavy (non-hydrogen) atoms. The SMILES string of the molecule is O=C(Nc1ccc2[nH]nc(-c3ccc(F)cc3)c2c1)C1CCN(C(=O)O)C1. The van der Waals surface area contributed by atoms with Crippen molar-refractivity contribution in [3.05, 3.63) is 48.3 Å². The zero-order valence-corrected chi connectivity index (χ0v) is 14.3. The van der Waals surface area contributed by atoms with Gasteiger partial charge < -0.3 is 15.3 Å². The summed E-state index contributed by atoms with van der Waals surface area (Å²) in [5, 5.41) is 19.9. The Morgan fingerprint density at radius 2 is 2.00 bits per heavy atom. The molecule has 2 amide bonds. The second-order valence-corrected chi connectivity index (χ2v) is 6.54. The highest BCUT2D eigenvalue weighted by molar-refractivity contribution is 5.99. The summed E-state index contributed by atoms with van der Waals surface area (Å²) in [6.45, 7) is 0.568. The number of carboxylic acid groups (broad SMARTS) is 1. The van der Waals surface area contributed by atoms with Gasteiger partial charge in [0.15, 0.2) is 0 Å². The molecule has 8 heteroatoms. The highest BCUT2D eigenvalue weighted by Gasteiger charge is 2.30. The van der Waals surface area contributed by atoms with Crippen LogP contribution in [0, 0.1) is 11.7 Å². The molecule has 1 atom stereocenters. The number of H-pyrrole nitrogens is 1. The molecule has 7 nitrogen and oxygen atoms in total. The predicted octanol–water partition coefficient (Wildman–Crippen LogP) is 3.31. The number of carbonyl (C=O) groups is 2. The summed E-state index contributed by atoms with van der Waals surface area (Å²) in [6, 6.07) is 11.4. The van der Waals surface area contributed by atoms with Crippen LogP contribution in [-0.2, 0) is 4.79 Å². The Kier molecular flexibility index (Phi) is 4.23. The standard InChI is InChI=1S/C19H17FN4O3/c20-13-3-1-11(2-4-13)17-15-9-14(5-6-16(15)22-23-17)21-18(25)12-7-8-24(10-12)19(26)27/h1-6,9,12H,7-8,10H2,(H,21,25)(H,22,23)(H,26,27). The van der Waals surface area contributed by atoms with Crippen LogP contribution in [0.4, 0.5) is 14.9 Å². The van der Waals surface area contributed by atoms with E-state index in [-0.39, 0.29) is 24.2 Å². The van der Waals surface area contributed by atoms with E-state index in [1.54, 1.807) is 24.3 Å². The number of hydrogen-bond donors (Lipinski definition) is 3. The van der Waals surface area contributed by atoms with E-state index in [1.807, 2.05) is 6.07 Å². The third-order valence-electron chi connectivity index (χ3n) is 4.78. The molecular formula is C19H17FN4O3. The van der Waals surface area contributed by atoms with Gasteiger partial charge in [-0.1, -0.05) is 0 Å². The van der Waals surface area contributed by atoms with Crippen LogP contribution in [-0.4, -0.2) is 45.3 Å². The van der Waals surface area contributed by atoms with Gasteiger partial charge in [-0.3, -0.25) is 9.89 Å². The van der Waals surface area contributed by atoms with E-state index >= 15 is 0 Å². The lowest BCUT2D eigenvalue weighted by molar-refractivity contribution is -0.119. The second kappa shape index (κ2) is 6.71. The van der Waals surface area contributed by atoms with Crippen LogP contribution in [0.1, 0.15) is 6.42 Å². The van der Waals surface area contributed by atoms with Gasteiger partial charge in [0.25, 0.3) is 0 Å². The third-order valence-corrected chi connectivity index (χ3v) is 4.78. The molecule has 0 saturated carbocycles. The number of anilines is 1. The van der Waals surface area contributed by atoms with Gasteiger partial charge in [0, 0.05) is 29.7 Å². The van der Waals surface area contributed by atoms with Gasteiger partial charge in [-0.25, -0.2) is 9.18 Å². The summed E-state index contributed by atoms with van der Waals surface area (Å²) in [7, 11) is 0. The number of hydrogen-bond acceptors (Lipinski definition) is 3. The fourth-order valence-electron chi connectivity index (χ4n) is 3.31. The average Bonchev–Trinajstić information content (AvgIpc) is 3.29. The number of nitrogens with one attached hydrogen (secondary N) is 2. The van der Waals surface area contributed by atoms with Crippen molar-refractivity contribution in [1.82, 2.24) is 15.1 Å². The highest BCUT2D eigenvalue weighted by Crippen LogP contribution is 2.29. The molecule has 0 spiro atoms. The zero-order chi connectivity index (χ0) is 19.0. The summed E-state index contributed by atoms with van der Waals surface area (Å²) in [6.07, 6.45) is -0.499. The van der Waals surface area contributed by atoms with Crippen molar-refractivity contribution >= 4 is 28.6 Å². The molecule has 1 unspecified atom stereocenters. The lowest BCUT2D eigenvalue weighted by Crippen LogP contribution is -2.30. The lowest BCUT2D eigenvalue weighted by Gasteiger charge is -2.12. The van der Waals surface area contributed by atoms with E-state index in [4.69, 9.17) is 5.11 Å². The predicted molar refractivity (Wildman–Crippen MR) is 97.8 cm³/mol. The van der Waals surface area contributed by atoms with E-state index in [0.29, 0.717) is 24.3 Å². The first-order valence-corrected chi connectivity index (χ1v) is 8.54. The van der Waals surface area contributed by atoms with Gasteiger partial charge in [0.1, 0.15) is 5.82 Å². The van der Waals surface area contributed by atoms with Gasteiger partial charge >= 0.3 is 6.09 Å². The first kappa shape index (κ1) is 17.0. The number of likely N-dealkylation sites (tertiary alicyclic amines) is 1. The molecule has 3 aromatic rings. The number of halogens is 1. The Balaban J connectivity index is 1.56.